The molecule has 1 amide bonds. The minimum atomic E-state index is -3.57. The van der Waals surface area contributed by atoms with E-state index in [1.54, 1.807) is 13.0 Å². The minimum absolute atomic E-state index is 0.00759. The van der Waals surface area contributed by atoms with Crippen molar-refractivity contribution in [3.05, 3.63) is 35.7 Å². The van der Waals surface area contributed by atoms with E-state index >= 15 is 0 Å². The minimum Gasteiger partial charge on any atom is -0.493 e. The van der Waals surface area contributed by atoms with Gasteiger partial charge in [-0.05, 0) is 19.1 Å². The number of benzene rings is 1. The Balaban J connectivity index is 1.94. The van der Waals surface area contributed by atoms with Gasteiger partial charge in [0.25, 0.3) is 0 Å². The van der Waals surface area contributed by atoms with Crippen LogP contribution in [0.4, 0.5) is 0 Å². The number of hydrogen-bond donors (Lipinski definition) is 1. The maximum Gasteiger partial charge on any atom is 0.226 e. The van der Waals surface area contributed by atoms with Crippen LogP contribution in [0, 0.1) is 6.92 Å². The van der Waals surface area contributed by atoms with E-state index < -0.39 is 9.84 Å². The lowest BCUT2D eigenvalue weighted by molar-refractivity contribution is -0.120. The number of nitrogens with zero attached hydrogens (tertiary/aromatic N) is 1. The number of carbonyl (C=O) groups is 1. The van der Waals surface area contributed by atoms with Crippen LogP contribution in [0.3, 0.4) is 0 Å². The molecule has 1 heterocycles. The van der Waals surface area contributed by atoms with Crippen molar-refractivity contribution in [2.75, 3.05) is 26.5 Å². The van der Waals surface area contributed by atoms with E-state index in [0.29, 0.717) is 23.0 Å². The quantitative estimate of drug-likeness (QED) is 0.744. The Morgan fingerprint density at radius 1 is 1.20 bits per heavy atom. The molecule has 8 nitrogen and oxygen atoms in total. The summed E-state index contributed by atoms with van der Waals surface area (Å²) < 4.78 is 39.8. The fraction of sp³-hybridized carbons (Fsp3) is 0.375. The molecular weight excluding hydrogens is 348 g/mol. The summed E-state index contributed by atoms with van der Waals surface area (Å²) in [6, 6.07) is 6.02. The second kappa shape index (κ2) is 8.02. The molecule has 0 bridgehead atoms. The van der Waals surface area contributed by atoms with Crippen LogP contribution >= 0.6 is 0 Å². The topological polar surface area (TPSA) is 108 Å². The SMILES string of the molecule is COc1ccc(S(=O)(=O)CCNC(=O)Cc2cc(C)on2)cc1OC. The molecular formula is C16H20N2O6S. The number of carbonyl (C=O) groups excluding carboxylic acids is 1. The average Bonchev–Trinajstić information content (AvgIpc) is 2.98. The van der Waals surface area contributed by atoms with E-state index in [-0.39, 0.29) is 29.5 Å². The number of aryl methyl sites for hydroxylation is 1. The van der Waals surface area contributed by atoms with Gasteiger partial charge in [0.05, 0.1) is 37.0 Å². The lowest BCUT2D eigenvalue weighted by Crippen LogP contribution is -2.30. The first-order valence-electron chi connectivity index (χ1n) is 7.49. The van der Waals surface area contributed by atoms with Crippen molar-refractivity contribution in [3.8, 4) is 11.5 Å². The molecule has 1 aromatic heterocycles. The molecule has 2 aromatic rings. The van der Waals surface area contributed by atoms with Crippen LogP contribution in [0.1, 0.15) is 11.5 Å². The molecule has 0 saturated carbocycles. The first-order valence-corrected chi connectivity index (χ1v) is 9.14. The Labute approximate surface area is 146 Å². The second-order valence-corrected chi connectivity index (χ2v) is 7.40. The lowest BCUT2D eigenvalue weighted by atomic mass is 10.3. The number of hydrogen-bond acceptors (Lipinski definition) is 7. The molecule has 9 heteroatoms. The molecule has 0 fully saturated rings. The van der Waals surface area contributed by atoms with Crippen molar-refractivity contribution in [1.29, 1.82) is 0 Å². The standard InChI is InChI=1S/C16H20N2O6S/c1-11-8-12(18-24-11)9-16(19)17-6-7-25(20,21)13-4-5-14(22-2)15(10-13)23-3/h4-5,8,10H,6-7,9H2,1-3H3,(H,17,19). The molecule has 0 saturated heterocycles. The van der Waals surface area contributed by atoms with Gasteiger partial charge in [-0.2, -0.15) is 0 Å². The maximum atomic E-state index is 12.4. The monoisotopic (exact) mass is 368 g/mol. The summed E-state index contributed by atoms with van der Waals surface area (Å²) in [4.78, 5) is 11.9. The third-order valence-corrected chi connectivity index (χ3v) is 5.14. The van der Waals surface area contributed by atoms with Crippen LogP contribution in [0.25, 0.3) is 0 Å². The Morgan fingerprint density at radius 3 is 2.52 bits per heavy atom. The summed E-state index contributed by atoms with van der Waals surface area (Å²) in [5.74, 6) is 0.827. The van der Waals surface area contributed by atoms with Crippen molar-refractivity contribution in [1.82, 2.24) is 10.5 Å². The van der Waals surface area contributed by atoms with E-state index in [1.807, 2.05) is 0 Å². The van der Waals surface area contributed by atoms with Crippen molar-refractivity contribution < 1.29 is 27.2 Å². The van der Waals surface area contributed by atoms with Gasteiger partial charge in [-0.3, -0.25) is 4.79 Å². The maximum absolute atomic E-state index is 12.4. The highest BCUT2D eigenvalue weighted by Crippen LogP contribution is 2.29. The van der Waals surface area contributed by atoms with E-state index in [4.69, 9.17) is 14.0 Å². The van der Waals surface area contributed by atoms with E-state index in [9.17, 15) is 13.2 Å². The summed E-state index contributed by atoms with van der Waals surface area (Å²) >= 11 is 0. The molecule has 0 atom stereocenters. The summed E-state index contributed by atoms with van der Waals surface area (Å²) in [7, 11) is -0.666. The summed E-state index contributed by atoms with van der Waals surface area (Å²) in [5.41, 5.74) is 0.498. The number of amides is 1. The number of nitrogens with one attached hydrogen (secondary N) is 1. The predicted molar refractivity (Wildman–Crippen MR) is 89.6 cm³/mol. The van der Waals surface area contributed by atoms with Crippen molar-refractivity contribution in [2.45, 2.75) is 18.2 Å². The fourth-order valence-electron chi connectivity index (χ4n) is 2.18. The first kappa shape index (κ1) is 18.8. The van der Waals surface area contributed by atoms with E-state index in [1.165, 1.54) is 32.4 Å². The van der Waals surface area contributed by atoms with E-state index in [0.717, 1.165) is 0 Å². The van der Waals surface area contributed by atoms with E-state index in [2.05, 4.69) is 10.5 Å². The number of methoxy groups -OCH3 is 2. The van der Waals surface area contributed by atoms with Gasteiger partial charge in [-0.25, -0.2) is 8.42 Å². The van der Waals surface area contributed by atoms with Crippen molar-refractivity contribution in [2.24, 2.45) is 0 Å². The lowest BCUT2D eigenvalue weighted by Gasteiger charge is -2.10. The largest absolute Gasteiger partial charge is 0.493 e. The van der Waals surface area contributed by atoms with Gasteiger partial charge in [-0.15, -0.1) is 0 Å². The Morgan fingerprint density at radius 2 is 1.92 bits per heavy atom. The van der Waals surface area contributed by atoms with Crippen LogP contribution in [0.5, 0.6) is 11.5 Å². The Kier molecular flexibility index (Phi) is 6.02. The smallest absolute Gasteiger partial charge is 0.226 e. The average molecular weight is 368 g/mol. The van der Waals surface area contributed by atoms with Gasteiger partial charge >= 0.3 is 0 Å². The van der Waals surface area contributed by atoms with Crippen LogP contribution in [-0.4, -0.2) is 46.0 Å². The zero-order chi connectivity index (χ0) is 18.4. The molecule has 2 rings (SSSR count). The molecule has 25 heavy (non-hydrogen) atoms. The highest BCUT2D eigenvalue weighted by Gasteiger charge is 2.18. The highest BCUT2D eigenvalue weighted by molar-refractivity contribution is 7.91. The van der Waals surface area contributed by atoms with Gasteiger partial charge in [0, 0.05) is 18.7 Å². The summed E-state index contributed by atoms with van der Waals surface area (Å²) in [6.07, 6.45) is 0.0355. The molecule has 0 unspecified atom stereocenters. The highest BCUT2D eigenvalue weighted by atomic mass is 32.2. The first-order chi connectivity index (χ1) is 11.9. The number of aromatic nitrogens is 1. The number of ether oxygens (including phenoxy) is 2. The van der Waals surface area contributed by atoms with Crippen LogP contribution in [0.2, 0.25) is 0 Å². The number of rotatable bonds is 8. The molecule has 0 aliphatic heterocycles. The molecule has 1 aromatic carbocycles. The van der Waals surface area contributed by atoms with Gasteiger partial charge in [-0.1, -0.05) is 5.16 Å². The normalized spacial score (nSPS) is 11.2. The van der Waals surface area contributed by atoms with Crippen LogP contribution < -0.4 is 14.8 Å². The molecule has 136 valence electrons. The van der Waals surface area contributed by atoms with Crippen molar-refractivity contribution in [3.63, 3.8) is 0 Å². The summed E-state index contributed by atoms with van der Waals surface area (Å²) in [6.45, 7) is 1.72. The summed E-state index contributed by atoms with van der Waals surface area (Å²) in [5, 5.41) is 6.28. The van der Waals surface area contributed by atoms with Gasteiger partial charge in [0.1, 0.15) is 5.76 Å². The molecule has 0 spiro atoms. The molecule has 0 aliphatic carbocycles. The Hall–Kier alpha value is -2.55. The fourth-order valence-corrected chi connectivity index (χ4v) is 3.35. The molecule has 1 N–H and O–H groups in total. The van der Waals surface area contributed by atoms with Crippen molar-refractivity contribution >= 4 is 15.7 Å². The zero-order valence-corrected chi connectivity index (χ0v) is 15.1. The third kappa shape index (κ3) is 4.96. The van der Waals surface area contributed by atoms with Crippen LogP contribution in [-0.2, 0) is 21.1 Å². The van der Waals surface area contributed by atoms with Gasteiger partial charge in [0.2, 0.25) is 5.91 Å². The third-order valence-electron chi connectivity index (χ3n) is 3.43. The molecule has 0 radical (unpaired) electrons. The van der Waals surface area contributed by atoms with Gasteiger partial charge in [0.15, 0.2) is 21.3 Å². The van der Waals surface area contributed by atoms with Crippen LogP contribution in [0.15, 0.2) is 33.7 Å². The molecule has 0 aliphatic rings. The zero-order valence-electron chi connectivity index (χ0n) is 14.2. The predicted octanol–water partition coefficient (Wildman–Crippen LogP) is 1.13. The van der Waals surface area contributed by atoms with Gasteiger partial charge < -0.3 is 19.3 Å². The Bertz CT molecular complexity index is 844. The second-order valence-electron chi connectivity index (χ2n) is 5.29. The number of sulfone groups is 1.